The third-order valence-electron chi connectivity index (χ3n) is 3.52. The van der Waals surface area contributed by atoms with Crippen LogP contribution < -0.4 is 10.6 Å². The van der Waals surface area contributed by atoms with Gasteiger partial charge in [0.05, 0.1) is 19.8 Å². The lowest BCUT2D eigenvalue weighted by Gasteiger charge is -2.31. The molecule has 2 atom stereocenters. The van der Waals surface area contributed by atoms with Crippen molar-refractivity contribution in [1.82, 2.24) is 15.5 Å². The van der Waals surface area contributed by atoms with E-state index in [-0.39, 0.29) is 24.0 Å². The maximum atomic E-state index is 5.38. The van der Waals surface area contributed by atoms with Gasteiger partial charge in [-0.1, -0.05) is 6.92 Å². The SMILES string of the molecule is CCNC(=NCC(C)N1CCOCC1)NC(C)CC.I. The molecule has 5 nitrogen and oxygen atoms in total. The van der Waals surface area contributed by atoms with Crippen LogP contribution in [0.2, 0.25) is 0 Å². The van der Waals surface area contributed by atoms with E-state index in [2.05, 4.69) is 48.2 Å². The Kier molecular flexibility index (Phi) is 11.5. The number of nitrogens with one attached hydrogen (secondary N) is 2. The van der Waals surface area contributed by atoms with E-state index in [0.717, 1.165) is 51.8 Å². The predicted molar refractivity (Wildman–Crippen MR) is 96.1 cm³/mol. The van der Waals surface area contributed by atoms with Gasteiger partial charge in [-0.2, -0.15) is 0 Å². The number of ether oxygens (including phenoxy) is 1. The smallest absolute Gasteiger partial charge is 0.191 e. The van der Waals surface area contributed by atoms with Gasteiger partial charge in [0, 0.05) is 31.7 Å². The summed E-state index contributed by atoms with van der Waals surface area (Å²) in [5.41, 5.74) is 0. The van der Waals surface area contributed by atoms with E-state index in [4.69, 9.17) is 4.74 Å². The summed E-state index contributed by atoms with van der Waals surface area (Å²) in [6.45, 7) is 14.1. The normalized spacial score (nSPS) is 19.9. The Hall–Kier alpha value is -0.0800. The zero-order valence-corrected chi connectivity index (χ0v) is 15.6. The number of hydrogen-bond acceptors (Lipinski definition) is 3. The van der Waals surface area contributed by atoms with Crippen molar-refractivity contribution >= 4 is 29.9 Å². The highest BCUT2D eigenvalue weighted by atomic mass is 127. The van der Waals surface area contributed by atoms with Crippen LogP contribution in [0.1, 0.15) is 34.1 Å². The van der Waals surface area contributed by atoms with Crippen LogP contribution in [-0.4, -0.2) is 62.3 Å². The average Bonchev–Trinajstić information content (AvgIpc) is 2.45. The highest BCUT2D eigenvalue weighted by molar-refractivity contribution is 14.0. The quantitative estimate of drug-likeness (QED) is 0.406. The number of aliphatic imine (C=N–C) groups is 1. The average molecular weight is 398 g/mol. The number of morpholine rings is 1. The van der Waals surface area contributed by atoms with Crippen molar-refractivity contribution < 1.29 is 4.74 Å². The van der Waals surface area contributed by atoms with Crippen LogP contribution in [0.5, 0.6) is 0 Å². The third-order valence-corrected chi connectivity index (χ3v) is 3.52. The molecule has 2 unspecified atom stereocenters. The van der Waals surface area contributed by atoms with E-state index in [1.54, 1.807) is 0 Å². The van der Waals surface area contributed by atoms with Gasteiger partial charge in [0.15, 0.2) is 5.96 Å². The molecule has 0 aromatic rings. The van der Waals surface area contributed by atoms with E-state index in [1.165, 1.54) is 0 Å². The molecule has 1 aliphatic heterocycles. The molecule has 20 heavy (non-hydrogen) atoms. The molecular formula is C14H31IN4O. The molecule has 1 rings (SSSR count). The van der Waals surface area contributed by atoms with E-state index < -0.39 is 0 Å². The third kappa shape index (κ3) is 7.64. The molecule has 1 fully saturated rings. The van der Waals surface area contributed by atoms with Gasteiger partial charge in [-0.3, -0.25) is 9.89 Å². The second-order valence-electron chi connectivity index (χ2n) is 5.17. The molecule has 2 N–H and O–H groups in total. The molecule has 0 aromatic heterocycles. The Morgan fingerprint density at radius 1 is 1.25 bits per heavy atom. The van der Waals surface area contributed by atoms with Gasteiger partial charge in [0.25, 0.3) is 0 Å². The monoisotopic (exact) mass is 398 g/mol. The van der Waals surface area contributed by atoms with Crippen LogP contribution in [0.3, 0.4) is 0 Å². The van der Waals surface area contributed by atoms with E-state index in [1.807, 2.05) is 0 Å². The predicted octanol–water partition coefficient (Wildman–Crippen LogP) is 1.68. The van der Waals surface area contributed by atoms with Crippen LogP contribution in [-0.2, 0) is 4.74 Å². The Morgan fingerprint density at radius 2 is 1.90 bits per heavy atom. The van der Waals surface area contributed by atoms with Gasteiger partial charge in [-0.05, 0) is 27.2 Å². The highest BCUT2D eigenvalue weighted by Crippen LogP contribution is 2.03. The first-order valence-electron chi connectivity index (χ1n) is 7.54. The largest absolute Gasteiger partial charge is 0.379 e. The summed E-state index contributed by atoms with van der Waals surface area (Å²) < 4.78 is 5.38. The summed E-state index contributed by atoms with van der Waals surface area (Å²) >= 11 is 0. The maximum absolute atomic E-state index is 5.38. The van der Waals surface area contributed by atoms with Gasteiger partial charge in [-0.25, -0.2) is 0 Å². The summed E-state index contributed by atoms with van der Waals surface area (Å²) in [5, 5.41) is 6.72. The standard InChI is InChI=1S/C14H30N4O.HI/c1-5-12(3)17-14(15-6-2)16-11-13(4)18-7-9-19-10-8-18;/h12-13H,5-11H2,1-4H3,(H2,15,16,17);1H. The second kappa shape index (κ2) is 11.6. The molecule has 0 aliphatic carbocycles. The first-order valence-corrected chi connectivity index (χ1v) is 7.54. The number of nitrogens with zero attached hydrogens (tertiary/aromatic N) is 2. The van der Waals surface area contributed by atoms with E-state index in [0.29, 0.717) is 12.1 Å². The van der Waals surface area contributed by atoms with Crippen LogP contribution in [0.4, 0.5) is 0 Å². The van der Waals surface area contributed by atoms with Gasteiger partial charge < -0.3 is 15.4 Å². The van der Waals surface area contributed by atoms with Crippen molar-refractivity contribution in [1.29, 1.82) is 0 Å². The summed E-state index contributed by atoms with van der Waals surface area (Å²) in [5.74, 6) is 0.928. The number of rotatable bonds is 6. The number of hydrogen-bond donors (Lipinski definition) is 2. The van der Waals surface area contributed by atoms with Crippen molar-refractivity contribution in [3.63, 3.8) is 0 Å². The lowest BCUT2D eigenvalue weighted by Crippen LogP contribution is -2.45. The highest BCUT2D eigenvalue weighted by Gasteiger charge is 2.16. The molecule has 0 spiro atoms. The zero-order valence-electron chi connectivity index (χ0n) is 13.3. The minimum absolute atomic E-state index is 0. The Labute approximate surface area is 140 Å². The van der Waals surface area contributed by atoms with Crippen LogP contribution in [0, 0.1) is 0 Å². The molecule has 1 heterocycles. The topological polar surface area (TPSA) is 48.9 Å². The molecule has 0 aromatic carbocycles. The molecule has 6 heteroatoms. The van der Waals surface area contributed by atoms with Crippen molar-refractivity contribution in [2.75, 3.05) is 39.4 Å². The summed E-state index contributed by atoms with van der Waals surface area (Å²) in [6.07, 6.45) is 1.10. The van der Waals surface area contributed by atoms with Crippen molar-refractivity contribution in [2.45, 2.75) is 46.2 Å². The van der Waals surface area contributed by atoms with Gasteiger partial charge in [0.2, 0.25) is 0 Å². The summed E-state index contributed by atoms with van der Waals surface area (Å²) in [6, 6.07) is 0.924. The first-order chi connectivity index (χ1) is 9.17. The number of guanidine groups is 1. The summed E-state index contributed by atoms with van der Waals surface area (Å²) in [4.78, 5) is 7.13. The Balaban J connectivity index is 0.00000361. The zero-order chi connectivity index (χ0) is 14.1. The molecule has 1 saturated heterocycles. The molecule has 0 bridgehead atoms. The van der Waals surface area contributed by atoms with E-state index >= 15 is 0 Å². The molecule has 120 valence electrons. The Bertz CT molecular complexity index is 270. The minimum atomic E-state index is 0. The van der Waals surface area contributed by atoms with Gasteiger partial charge >= 0.3 is 0 Å². The fourth-order valence-corrected chi connectivity index (χ4v) is 2.01. The van der Waals surface area contributed by atoms with Crippen LogP contribution >= 0.6 is 24.0 Å². The lowest BCUT2D eigenvalue weighted by atomic mass is 10.2. The van der Waals surface area contributed by atoms with Gasteiger partial charge in [0.1, 0.15) is 0 Å². The fraction of sp³-hybridized carbons (Fsp3) is 0.929. The maximum Gasteiger partial charge on any atom is 0.191 e. The van der Waals surface area contributed by atoms with Crippen molar-refractivity contribution in [2.24, 2.45) is 4.99 Å². The molecular weight excluding hydrogens is 367 g/mol. The van der Waals surface area contributed by atoms with Crippen LogP contribution in [0.15, 0.2) is 4.99 Å². The molecule has 0 radical (unpaired) electrons. The number of halogens is 1. The molecule has 1 aliphatic rings. The van der Waals surface area contributed by atoms with Crippen molar-refractivity contribution in [3.05, 3.63) is 0 Å². The van der Waals surface area contributed by atoms with Crippen LogP contribution in [0.25, 0.3) is 0 Å². The molecule has 0 saturated carbocycles. The van der Waals surface area contributed by atoms with E-state index in [9.17, 15) is 0 Å². The minimum Gasteiger partial charge on any atom is -0.379 e. The lowest BCUT2D eigenvalue weighted by molar-refractivity contribution is 0.0220. The van der Waals surface area contributed by atoms with Crippen molar-refractivity contribution in [3.8, 4) is 0 Å². The second-order valence-corrected chi connectivity index (χ2v) is 5.17. The van der Waals surface area contributed by atoms with Gasteiger partial charge in [-0.15, -0.1) is 24.0 Å². The summed E-state index contributed by atoms with van der Waals surface area (Å²) in [7, 11) is 0. The molecule has 0 amide bonds. The Morgan fingerprint density at radius 3 is 2.45 bits per heavy atom. The fourth-order valence-electron chi connectivity index (χ4n) is 2.01. The first kappa shape index (κ1) is 19.9.